The van der Waals surface area contributed by atoms with Crippen LogP contribution in [0.15, 0.2) is 16.6 Å². The molecule has 94 valence electrons. The number of aryl methyl sites for hydroxylation is 1. The van der Waals surface area contributed by atoms with Gasteiger partial charge in [-0.2, -0.15) is 0 Å². The molecule has 1 aliphatic heterocycles. The molecule has 0 atom stereocenters. The van der Waals surface area contributed by atoms with E-state index in [2.05, 4.69) is 26.6 Å². The second-order valence-corrected chi connectivity index (χ2v) is 5.51. The molecule has 0 aliphatic carbocycles. The predicted molar refractivity (Wildman–Crippen MR) is 72.9 cm³/mol. The van der Waals surface area contributed by atoms with Crippen molar-refractivity contribution in [3.05, 3.63) is 28.0 Å². The second-order valence-electron chi connectivity index (χ2n) is 4.66. The van der Waals surface area contributed by atoms with E-state index in [0.717, 1.165) is 30.9 Å². The van der Waals surface area contributed by atoms with Crippen LogP contribution >= 0.6 is 15.9 Å². The molecular weight excluding hydrogens is 283 g/mol. The van der Waals surface area contributed by atoms with Crippen molar-refractivity contribution in [2.45, 2.75) is 19.8 Å². The summed E-state index contributed by atoms with van der Waals surface area (Å²) in [6, 6.07) is 3.39. The van der Waals surface area contributed by atoms with Crippen molar-refractivity contribution in [3.8, 4) is 0 Å². The van der Waals surface area contributed by atoms with Gasteiger partial charge >= 0.3 is 0 Å². The molecule has 1 saturated heterocycles. The van der Waals surface area contributed by atoms with E-state index < -0.39 is 0 Å². The van der Waals surface area contributed by atoms with E-state index in [9.17, 15) is 4.39 Å². The van der Waals surface area contributed by atoms with E-state index in [1.165, 1.54) is 12.8 Å². The Morgan fingerprint density at radius 3 is 2.82 bits per heavy atom. The van der Waals surface area contributed by atoms with E-state index in [-0.39, 0.29) is 5.82 Å². The van der Waals surface area contributed by atoms with Gasteiger partial charge in [0.1, 0.15) is 5.82 Å². The monoisotopic (exact) mass is 300 g/mol. The first-order valence-corrected chi connectivity index (χ1v) is 6.86. The van der Waals surface area contributed by atoms with Gasteiger partial charge in [0.15, 0.2) is 0 Å². The van der Waals surface area contributed by atoms with Crippen LogP contribution in [-0.2, 0) is 0 Å². The number of anilines is 1. The molecule has 2 N–H and O–H groups in total. The maximum absolute atomic E-state index is 13.4. The highest BCUT2D eigenvalue weighted by molar-refractivity contribution is 9.10. The molecule has 0 saturated carbocycles. The molecule has 2 nitrogen and oxygen atoms in total. The van der Waals surface area contributed by atoms with Crippen LogP contribution in [0.1, 0.15) is 18.4 Å². The number of benzene rings is 1. The first-order chi connectivity index (χ1) is 8.16. The number of halogens is 2. The lowest BCUT2D eigenvalue weighted by atomic mass is 9.98. The highest BCUT2D eigenvalue weighted by Crippen LogP contribution is 2.24. The van der Waals surface area contributed by atoms with E-state index in [0.29, 0.717) is 10.4 Å². The van der Waals surface area contributed by atoms with Crippen LogP contribution in [0, 0.1) is 18.7 Å². The first-order valence-electron chi connectivity index (χ1n) is 6.07. The van der Waals surface area contributed by atoms with Gasteiger partial charge in [0.05, 0.1) is 4.47 Å². The quantitative estimate of drug-likeness (QED) is 0.895. The lowest BCUT2D eigenvalue weighted by molar-refractivity contribution is 0.390. The van der Waals surface area contributed by atoms with Gasteiger partial charge < -0.3 is 10.6 Å². The summed E-state index contributed by atoms with van der Waals surface area (Å²) in [6.45, 7) is 5.12. The van der Waals surface area contributed by atoms with Crippen LogP contribution in [0.25, 0.3) is 0 Å². The van der Waals surface area contributed by atoms with Crippen molar-refractivity contribution < 1.29 is 4.39 Å². The molecule has 0 bridgehead atoms. The number of nitrogens with one attached hydrogen (secondary N) is 2. The van der Waals surface area contributed by atoms with Gasteiger partial charge in [-0.3, -0.25) is 0 Å². The highest BCUT2D eigenvalue weighted by Gasteiger charge is 2.13. The fourth-order valence-electron chi connectivity index (χ4n) is 2.18. The Balaban J connectivity index is 1.96. The lowest BCUT2D eigenvalue weighted by Crippen LogP contribution is -2.31. The molecule has 1 fully saturated rings. The fourth-order valence-corrected chi connectivity index (χ4v) is 2.63. The predicted octanol–water partition coefficient (Wildman–Crippen LogP) is 3.31. The molecule has 1 aromatic rings. The molecule has 1 aromatic carbocycles. The Hall–Kier alpha value is -0.610. The Kier molecular flexibility index (Phi) is 4.40. The Morgan fingerprint density at radius 2 is 2.12 bits per heavy atom. The van der Waals surface area contributed by atoms with Crippen LogP contribution in [0.5, 0.6) is 0 Å². The maximum Gasteiger partial charge on any atom is 0.139 e. The SMILES string of the molecule is Cc1cc(Br)c(F)cc1NCC1CCNCC1. The zero-order valence-corrected chi connectivity index (χ0v) is 11.6. The minimum absolute atomic E-state index is 0.205. The number of hydrogen-bond acceptors (Lipinski definition) is 2. The zero-order chi connectivity index (χ0) is 12.3. The maximum atomic E-state index is 13.4. The van der Waals surface area contributed by atoms with Crippen molar-refractivity contribution >= 4 is 21.6 Å². The van der Waals surface area contributed by atoms with Gasteiger partial charge in [-0.25, -0.2) is 4.39 Å². The molecule has 4 heteroatoms. The summed E-state index contributed by atoms with van der Waals surface area (Å²) in [6.07, 6.45) is 2.40. The van der Waals surface area contributed by atoms with Crippen molar-refractivity contribution in [1.82, 2.24) is 5.32 Å². The molecular formula is C13H18BrFN2. The van der Waals surface area contributed by atoms with Gasteiger partial charge in [0.25, 0.3) is 0 Å². The number of rotatable bonds is 3. The highest BCUT2D eigenvalue weighted by atomic mass is 79.9. The average molecular weight is 301 g/mol. The fraction of sp³-hybridized carbons (Fsp3) is 0.538. The molecule has 1 aliphatic rings. The normalized spacial score (nSPS) is 17.1. The van der Waals surface area contributed by atoms with Gasteiger partial charge in [0.2, 0.25) is 0 Å². The summed E-state index contributed by atoms with van der Waals surface area (Å²) < 4.78 is 14.0. The third kappa shape index (κ3) is 3.42. The van der Waals surface area contributed by atoms with Crippen LogP contribution in [0.3, 0.4) is 0 Å². The van der Waals surface area contributed by atoms with Crippen molar-refractivity contribution in [3.63, 3.8) is 0 Å². The Bertz CT molecular complexity index is 389. The van der Waals surface area contributed by atoms with Crippen LogP contribution in [0.2, 0.25) is 0 Å². The summed E-state index contributed by atoms with van der Waals surface area (Å²) in [5.74, 6) is 0.491. The summed E-state index contributed by atoms with van der Waals surface area (Å²) in [5, 5.41) is 6.71. The third-order valence-electron chi connectivity index (χ3n) is 3.31. The number of hydrogen-bond donors (Lipinski definition) is 2. The molecule has 17 heavy (non-hydrogen) atoms. The van der Waals surface area contributed by atoms with Crippen molar-refractivity contribution in [2.24, 2.45) is 5.92 Å². The van der Waals surface area contributed by atoms with E-state index in [1.54, 1.807) is 6.07 Å². The van der Waals surface area contributed by atoms with E-state index in [1.807, 2.05) is 13.0 Å². The standard InChI is InChI=1S/C13H18BrFN2/c1-9-6-11(14)12(15)7-13(9)17-8-10-2-4-16-5-3-10/h6-7,10,16-17H,2-5,8H2,1H3. The van der Waals surface area contributed by atoms with Crippen molar-refractivity contribution in [2.75, 3.05) is 25.0 Å². The van der Waals surface area contributed by atoms with E-state index >= 15 is 0 Å². The largest absolute Gasteiger partial charge is 0.384 e. The van der Waals surface area contributed by atoms with Crippen LogP contribution in [-0.4, -0.2) is 19.6 Å². The van der Waals surface area contributed by atoms with Gasteiger partial charge in [0, 0.05) is 12.2 Å². The summed E-state index contributed by atoms with van der Waals surface area (Å²) in [7, 11) is 0. The minimum Gasteiger partial charge on any atom is -0.384 e. The molecule has 0 aromatic heterocycles. The lowest BCUT2D eigenvalue weighted by Gasteiger charge is -2.23. The third-order valence-corrected chi connectivity index (χ3v) is 3.91. The summed E-state index contributed by atoms with van der Waals surface area (Å²) in [4.78, 5) is 0. The molecule has 1 heterocycles. The van der Waals surface area contributed by atoms with Crippen molar-refractivity contribution in [1.29, 1.82) is 0 Å². The number of piperidine rings is 1. The van der Waals surface area contributed by atoms with Gasteiger partial charge in [-0.1, -0.05) is 0 Å². The second kappa shape index (κ2) is 5.83. The topological polar surface area (TPSA) is 24.1 Å². The van der Waals surface area contributed by atoms with Gasteiger partial charge in [-0.05, 0) is 72.4 Å². The Morgan fingerprint density at radius 1 is 1.41 bits per heavy atom. The zero-order valence-electron chi connectivity index (χ0n) is 10.0. The minimum atomic E-state index is -0.205. The van der Waals surface area contributed by atoms with Crippen LogP contribution in [0.4, 0.5) is 10.1 Å². The smallest absolute Gasteiger partial charge is 0.139 e. The molecule has 0 radical (unpaired) electrons. The first kappa shape index (κ1) is 12.8. The molecule has 0 spiro atoms. The van der Waals surface area contributed by atoms with Gasteiger partial charge in [-0.15, -0.1) is 0 Å². The van der Waals surface area contributed by atoms with Crippen LogP contribution < -0.4 is 10.6 Å². The Labute approximate surface area is 110 Å². The molecule has 0 amide bonds. The average Bonchev–Trinajstić information content (AvgIpc) is 2.33. The summed E-state index contributed by atoms with van der Waals surface area (Å²) in [5.41, 5.74) is 1.98. The summed E-state index contributed by atoms with van der Waals surface area (Å²) >= 11 is 3.20. The molecule has 2 rings (SSSR count). The van der Waals surface area contributed by atoms with E-state index in [4.69, 9.17) is 0 Å². The molecule has 0 unspecified atom stereocenters.